The Morgan fingerprint density at radius 1 is 1.04 bits per heavy atom. The van der Waals surface area contributed by atoms with Crippen LogP contribution in [0.15, 0.2) is 54.1 Å². The SMILES string of the molecule is CCCOc1ccc(C=C(C#N)C(=O)Oc2ccc(C(=O)OC)cc2)cc1. The molecule has 27 heavy (non-hydrogen) atoms. The van der Waals surface area contributed by atoms with Gasteiger partial charge in [0.15, 0.2) is 0 Å². The number of nitriles is 1. The third-order valence-corrected chi connectivity index (χ3v) is 3.49. The minimum atomic E-state index is -0.783. The summed E-state index contributed by atoms with van der Waals surface area (Å²) in [6.45, 7) is 2.64. The first-order chi connectivity index (χ1) is 13.1. The van der Waals surface area contributed by atoms with Gasteiger partial charge in [-0.05, 0) is 54.5 Å². The van der Waals surface area contributed by atoms with Crippen LogP contribution in [0, 0.1) is 11.3 Å². The third kappa shape index (κ3) is 5.72. The van der Waals surface area contributed by atoms with Gasteiger partial charge in [0.25, 0.3) is 0 Å². The number of rotatable bonds is 7. The monoisotopic (exact) mass is 365 g/mol. The lowest BCUT2D eigenvalue weighted by Crippen LogP contribution is -2.10. The summed E-state index contributed by atoms with van der Waals surface area (Å²) in [7, 11) is 1.28. The molecule has 0 bridgehead atoms. The summed E-state index contributed by atoms with van der Waals surface area (Å²) < 4.78 is 15.3. The maximum absolute atomic E-state index is 12.2. The normalized spacial score (nSPS) is 10.6. The first-order valence-corrected chi connectivity index (χ1v) is 8.32. The quantitative estimate of drug-likeness (QED) is 0.321. The van der Waals surface area contributed by atoms with Crippen LogP contribution < -0.4 is 9.47 Å². The molecule has 0 spiro atoms. The van der Waals surface area contributed by atoms with Gasteiger partial charge in [0.1, 0.15) is 23.1 Å². The molecule has 0 radical (unpaired) electrons. The van der Waals surface area contributed by atoms with Crippen molar-refractivity contribution in [3.8, 4) is 17.6 Å². The molecule has 0 heterocycles. The van der Waals surface area contributed by atoms with E-state index >= 15 is 0 Å². The molecule has 138 valence electrons. The van der Waals surface area contributed by atoms with Crippen molar-refractivity contribution in [1.29, 1.82) is 5.26 Å². The van der Waals surface area contributed by atoms with Crippen molar-refractivity contribution in [2.24, 2.45) is 0 Å². The smallest absolute Gasteiger partial charge is 0.354 e. The van der Waals surface area contributed by atoms with E-state index in [1.807, 2.05) is 13.0 Å². The van der Waals surface area contributed by atoms with E-state index in [0.717, 1.165) is 12.2 Å². The fraction of sp³-hybridized carbons (Fsp3) is 0.190. The Morgan fingerprint density at radius 3 is 2.22 bits per heavy atom. The van der Waals surface area contributed by atoms with Crippen LogP contribution in [0.3, 0.4) is 0 Å². The molecule has 0 atom stereocenters. The van der Waals surface area contributed by atoms with Crippen LogP contribution in [0.5, 0.6) is 11.5 Å². The van der Waals surface area contributed by atoms with Gasteiger partial charge in [-0.3, -0.25) is 0 Å². The lowest BCUT2D eigenvalue weighted by molar-refractivity contribution is -0.129. The first kappa shape index (κ1) is 19.7. The van der Waals surface area contributed by atoms with Gasteiger partial charge in [-0.25, -0.2) is 9.59 Å². The van der Waals surface area contributed by atoms with E-state index in [1.165, 1.54) is 37.5 Å². The van der Waals surface area contributed by atoms with Gasteiger partial charge in [0.05, 0.1) is 19.3 Å². The van der Waals surface area contributed by atoms with E-state index < -0.39 is 11.9 Å². The number of ether oxygens (including phenoxy) is 3. The molecule has 0 aromatic heterocycles. The lowest BCUT2D eigenvalue weighted by Gasteiger charge is -2.06. The van der Waals surface area contributed by atoms with Crippen LogP contribution in [0.2, 0.25) is 0 Å². The van der Waals surface area contributed by atoms with Crippen molar-refractivity contribution in [3.63, 3.8) is 0 Å². The first-order valence-electron chi connectivity index (χ1n) is 8.32. The number of carbonyl (C=O) groups is 2. The topological polar surface area (TPSA) is 85.6 Å². The molecule has 2 rings (SSSR count). The van der Waals surface area contributed by atoms with Gasteiger partial charge in [-0.1, -0.05) is 19.1 Å². The Hall–Kier alpha value is -3.59. The van der Waals surface area contributed by atoms with Crippen molar-refractivity contribution in [1.82, 2.24) is 0 Å². The number of hydrogen-bond donors (Lipinski definition) is 0. The molecular weight excluding hydrogens is 346 g/mol. The zero-order valence-corrected chi connectivity index (χ0v) is 15.1. The highest BCUT2D eigenvalue weighted by Crippen LogP contribution is 2.17. The number of nitrogens with zero attached hydrogens (tertiary/aromatic N) is 1. The maximum atomic E-state index is 12.2. The van der Waals surface area contributed by atoms with Gasteiger partial charge in [0, 0.05) is 0 Å². The lowest BCUT2D eigenvalue weighted by atomic mass is 10.1. The second-order valence-corrected chi connectivity index (χ2v) is 5.49. The fourth-order valence-corrected chi connectivity index (χ4v) is 2.12. The third-order valence-electron chi connectivity index (χ3n) is 3.49. The van der Waals surface area contributed by atoms with Gasteiger partial charge in [-0.15, -0.1) is 0 Å². The molecule has 0 aliphatic rings. The standard InChI is InChI=1S/C21H19NO5/c1-3-12-26-18-8-4-15(5-9-18)13-17(14-22)21(24)27-19-10-6-16(7-11-19)20(23)25-2/h4-11,13H,3,12H2,1-2H3. The van der Waals surface area contributed by atoms with Crippen LogP contribution in [-0.4, -0.2) is 25.7 Å². The van der Waals surface area contributed by atoms with Crippen molar-refractivity contribution in [2.75, 3.05) is 13.7 Å². The second kappa shape index (κ2) is 9.78. The van der Waals surface area contributed by atoms with Crippen molar-refractivity contribution < 1.29 is 23.8 Å². The Labute approximate surface area is 157 Å². The van der Waals surface area contributed by atoms with E-state index in [0.29, 0.717) is 17.7 Å². The molecule has 0 amide bonds. The molecule has 2 aromatic rings. The summed E-state index contributed by atoms with van der Waals surface area (Å²) in [6, 6.07) is 14.7. The van der Waals surface area contributed by atoms with Crippen LogP contribution in [-0.2, 0) is 9.53 Å². The van der Waals surface area contributed by atoms with Crippen LogP contribution in [0.25, 0.3) is 6.08 Å². The van der Waals surface area contributed by atoms with E-state index in [9.17, 15) is 14.9 Å². The zero-order valence-electron chi connectivity index (χ0n) is 15.1. The Morgan fingerprint density at radius 2 is 1.67 bits per heavy atom. The van der Waals surface area contributed by atoms with Gasteiger partial charge >= 0.3 is 11.9 Å². The van der Waals surface area contributed by atoms with E-state index in [1.54, 1.807) is 24.3 Å². The molecular formula is C21H19NO5. The summed E-state index contributed by atoms with van der Waals surface area (Å²) in [5.41, 5.74) is 0.862. The van der Waals surface area contributed by atoms with Crippen LogP contribution in [0.4, 0.5) is 0 Å². The van der Waals surface area contributed by atoms with Gasteiger partial charge < -0.3 is 14.2 Å². The molecule has 0 aliphatic heterocycles. The number of esters is 2. The molecule has 0 saturated carbocycles. The van der Waals surface area contributed by atoms with Gasteiger partial charge in [0.2, 0.25) is 0 Å². The van der Waals surface area contributed by atoms with Crippen LogP contribution in [0.1, 0.15) is 29.3 Å². The number of hydrogen-bond acceptors (Lipinski definition) is 6. The van der Waals surface area contributed by atoms with E-state index in [2.05, 4.69) is 4.74 Å². The largest absolute Gasteiger partial charge is 0.494 e. The molecule has 0 aliphatic carbocycles. The Bertz CT molecular complexity index is 861. The number of benzene rings is 2. The van der Waals surface area contributed by atoms with Crippen molar-refractivity contribution >= 4 is 18.0 Å². The predicted octanol–water partition coefficient (Wildman–Crippen LogP) is 3.77. The number of carbonyl (C=O) groups excluding carboxylic acids is 2. The molecule has 0 N–H and O–H groups in total. The summed E-state index contributed by atoms with van der Waals surface area (Å²) >= 11 is 0. The van der Waals surface area contributed by atoms with Gasteiger partial charge in [-0.2, -0.15) is 5.26 Å². The minimum Gasteiger partial charge on any atom is -0.494 e. The highest BCUT2D eigenvalue weighted by Gasteiger charge is 2.13. The average Bonchev–Trinajstić information content (AvgIpc) is 2.71. The second-order valence-electron chi connectivity index (χ2n) is 5.49. The van der Waals surface area contributed by atoms with Crippen LogP contribution >= 0.6 is 0 Å². The molecule has 0 unspecified atom stereocenters. The maximum Gasteiger partial charge on any atom is 0.354 e. The molecule has 0 fully saturated rings. The average molecular weight is 365 g/mol. The zero-order chi connectivity index (χ0) is 19.6. The number of methoxy groups -OCH3 is 1. The summed E-state index contributed by atoms with van der Waals surface area (Å²) in [5, 5.41) is 9.25. The van der Waals surface area contributed by atoms with E-state index in [4.69, 9.17) is 9.47 Å². The molecule has 6 nitrogen and oxygen atoms in total. The molecule has 2 aromatic carbocycles. The highest BCUT2D eigenvalue weighted by atomic mass is 16.5. The van der Waals surface area contributed by atoms with Crippen molar-refractivity contribution in [2.45, 2.75) is 13.3 Å². The van der Waals surface area contributed by atoms with E-state index in [-0.39, 0.29) is 11.3 Å². The molecule has 0 saturated heterocycles. The minimum absolute atomic E-state index is 0.144. The summed E-state index contributed by atoms with van der Waals surface area (Å²) in [4.78, 5) is 23.6. The summed E-state index contributed by atoms with van der Waals surface area (Å²) in [5.74, 6) is -0.329. The molecule has 6 heteroatoms. The summed E-state index contributed by atoms with van der Waals surface area (Å²) in [6.07, 6.45) is 2.35. The van der Waals surface area contributed by atoms with Crippen molar-refractivity contribution in [3.05, 3.63) is 65.2 Å². The highest BCUT2D eigenvalue weighted by molar-refractivity contribution is 5.99. The Balaban J connectivity index is 2.07. The predicted molar refractivity (Wildman–Crippen MR) is 99.2 cm³/mol. The Kier molecular flexibility index (Phi) is 7.15. The fourth-order valence-electron chi connectivity index (χ4n) is 2.12.